The number of rotatable bonds is 2. The highest BCUT2D eigenvalue weighted by atomic mass is 16.7. The Morgan fingerprint density at radius 2 is 1.70 bits per heavy atom. The van der Waals surface area contributed by atoms with Crippen LogP contribution in [0.15, 0.2) is 16.9 Å². The van der Waals surface area contributed by atoms with Gasteiger partial charge in [0.1, 0.15) is 0 Å². The summed E-state index contributed by atoms with van der Waals surface area (Å²) in [4.78, 5) is 14.5. The van der Waals surface area contributed by atoms with E-state index < -0.39 is 23.9 Å². The van der Waals surface area contributed by atoms with Crippen LogP contribution >= 0.6 is 0 Å². The van der Waals surface area contributed by atoms with Gasteiger partial charge in [0, 0.05) is 17.2 Å². The molecule has 2 fully saturated rings. The first-order valence-corrected chi connectivity index (χ1v) is 7.03. The lowest BCUT2D eigenvalue weighted by Crippen LogP contribution is -2.43. The van der Waals surface area contributed by atoms with E-state index in [2.05, 4.69) is 4.98 Å². The molecule has 0 bridgehead atoms. The summed E-state index contributed by atoms with van der Waals surface area (Å²) in [6, 6.07) is 3.26. The first-order valence-electron chi connectivity index (χ1n) is 7.03. The third-order valence-electron chi connectivity index (χ3n) is 4.74. The molecule has 1 aromatic rings. The molecule has 1 aliphatic heterocycles. The highest BCUT2D eigenvalue weighted by molar-refractivity contribution is 6.62. The lowest BCUT2D eigenvalue weighted by molar-refractivity contribution is 0.00578. The molecule has 3 N–H and O–H groups in total. The SMILES string of the molecule is CC1(C)OB(c2ccc(=O)[nH]c2C2(N)CC2)OC1(C)C. The summed E-state index contributed by atoms with van der Waals surface area (Å²) in [6.45, 7) is 8.03. The topological polar surface area (TPSA) is 77.3 Å². The fourth-order valence-electron chi connectivity index (χ4n) is 2.45. The molecule has 0 atom stereocenters. The van der Waals surface area contributed by atoms with Gasteiger partial charge in [-0.25, -0.2) is 0 Å². The normalized spacial score (nSPS) is 25.8. The Kier molecular flexibility index (Phi) is 2.75. The number of H-pyrrole nitrogens is 1. The Morgan fingerprint density at radius 3 is 2.20 bits per heavy atom. The van der Waals surface area contributed by atoms with Gasteiger partial charge in [-0.15, -0.1) is 0 Å². The van der Waals surface area contributed by atoms with E-state index in [1.807, 2.05) is 27.7 Å². The minimum atomic E-state index is -0.493. The molecule has 0 amide bonds. The second-order valence-corrected chi connectivity index (χ2v) is 6.90. The molecule has 1 saturated carbocycles. The molecule has 0 aromatic carbocycles. The van der Waals surface area contributed by atoms with Gasteiger partial charge in [0.25, 0.3) is 0 Å². The van der Waals surface area contributed by atoms with Crippen LogP contribution in [0.2, 0.25) is 0 Å². The molecule has 0 unspecified atom stereocenters. The molecule has 5 nitrogen and oxygen atoms in total. The van der Waals surface area contributed by atoms with Crippen molar-refractivity contribution < 1.29 is 9.31 Å². The number of nitrogens with two attached hydrogens (primary N) is 1. The van der Waals surface area contributed by atoms with Crippen LogP contribution in [0, 0.1) is 0 Å². The Hall–Kier alpha value is -1.11. The average Bonchev–Trinajstić information content (AvgIpc) is 3.02. The van der Waals surface area contributed by atoms with Crippen LogP contribution in [-0.4, -0.2) is 23.3 Å². The number of aromatic nitrogens is 1. The van der Waals surface area contributed by atoms with Crippen molar-refractivity contribution >= 4 is 12.6 Å². The quantitative estimate of drug-likeness (QED) is 0.776. The lowest BCUT2D eigenvalue weighted by Gasteiger charge is -2.32. The van der Waals surface area contributed by atoms with Gasteiger partial charge in [-0.05, 0) is 40.5 Å². The summed E-state index contributed by atoms with van der Waals surface area (Å²) in [7, 11) is -0.493. The molecule has 2 aliphatic rings. The minimum Gasteiger partial charge on any atom is -0.399 e. The maximum absolute atomic E-state index is 11.6. The van der Waals surface area contributed by atoms with Gasteiger partial charge < -0.3 is 20.0 Å². The molecular weight excluding hydrogens is 255 g/mol. The highest BCUT2D eigenvalue weighted by Crippen LogP contribution is 2.42. The summed E-state index contributed by atoms with van der Waals surface area (Å²) in [5.74, 6) is 0. The second kappa shape index (κ2) is 3.96. The predicted molar refractivity (Wildman–Crippen MR) is 77.9 cm³/mol. The largest absolute Gasteiger partial charge is 0.496 e. The van der Waals surface area contributed by atoms with Gasteiger partial charge in [0.05, 0.1) is 16.7 Å². The average molecular weight is 276 g/mol. The van der Waals surface area contributed by atoms with Crippen LogP contribution in [0.5, 0.6) is 0 Å². The van der Waals surface area contributed by atoms with Crippen LogP contribution < -0.4 is 16.8 Å². The molecule has 1 saturated heterocycles. The number of hydrogen-bond acceptors (Lipinski definition) is 4. The van der Waals surface area contributed by atoms with E-state index in [-0.39, 0.29) is 5.56 Å². The van der Waals surface area contributed by atoms with Crippen molar-refractivity contribution in [1.82, 2.24) is 4.98 Å². The molecule has 1 aromatic heterocycles. The van der Waals surface area contributed by atoms with Gasteiger partial charge in [0.15, 0.2) is 0 Å². The predicted octanol–water partition coefficient (Wildman–Crippen LogP) is 0.622. The monoisotopic (exact) mass is 276 g/mol. The Morgan fingerprint density at radius 1 is 1.15 bits per heavy atom. The highest BCUT2D eigenvalue weighted by Gasteiger charge is 2.54. The third kappa shape index (κ3) is 2.03. The van der Waals surface area contributed by atoms with E-state index in [4.69, 9.17) is 15.0 Å². The summed E-state index contributed by atoms with van der Waals surface area (Å²) in [5.41, 5.74) is 6.46. The van der Waals surface area contributed by atoms with Crippen LogP contribution in [0.1, 0.15) is 46.2 Å². The van der Waals surface area contributed by atoms with Crippen molar-refractivity contribution in [2.75, 3.05) is 0 Å². The zero-order valence-corrected chi connectivity index (χ0v) is 12.4. The maximum Gasteiger partial charge on any atom is 0.496 e. The Balaban J connectivity index is 2.02. The fourth-order valence-corrected chi connectivity index (χ4v) is 2.45. The van der Waals surface area contributed by atoms with Crippen molar-refractivity contribution in [2.24, 2.45) is 5.73 Å². The van der Waals surface area contributed by atoms with Gasteiger partial charge in [-0.3, -0.25) is 4.79 Å². The van der Waals surface area contributed by atoms with Crippen molar-refractivity contribution in [2.45, 2.75) is 57.3 Å². The molecule has 20 heavy (non-hydrogen) atoms. The van der Waals surface area contributed by atoms with Gasteiger partial charge in [0.2, 0.25) is 5.56 Å². The van der Waals surface area contributed by atoms with Crippen molar-refractivity contribution in [1.29, 1.82) is 0 Å². The van der Waals surface area contributed by atoms with Crippen LogP contribution in [0.25, 0.3) is 0 Å². The van der Waals surface area contributed by atoms with Crippen LogP contribution in [-0.2, 0) is 14.8 Å². The van der Waals surface area contributed by atoms with E-state index in [9.17, 15) is 4.79 Å². The molecular formula is C14H21BN2O3. The van der Waals surface area contributed by atoms with Crippen molar-refractivity contribution in [3.8, 4) is 0 Å². The second-order valence-electron chi connectivity index (χ2n) is 6.90. The van der Waals surface area contributed by atoms with Crippen molar-refractivity contribution in [3.63, 3.8) is 0 Å². The van der Waals surface area contributed by atoms with Crippen LogP contribution in [0.3, 0.4) is 0 Å². The molecule has 6 heteroatoms. The number of pyridine rings is 1. The van der Waals surface area contributed by atoms with E-state index in [0.29, 0.717) is 0 Å². The number of hydrogen-bond donors (Lipinski definition) is 2. The van der Waals surface area contributed by atoms with E-state index in [1.54, 1.807) is 6.07 Å². The van der Waals surface area contributed by atoms with Gasteiger partial charge in [-0.1, -0.05) is 6.07 Å². The van der Waals surface area contributed by atoms with E-state index >= 15 is 0 Å². The third-order valence-corrected chi connectivity index (χ3v) is 4.74. The smallest absolute Gasteiger partial charge is 0.399 e. The van der Waals surface area contributed by atoms with Crippen LogP contribution in [0.4, 0.5) is 0 Å². The molecule has 3 rings (SSSR count). The van der Waals surface area contributed by atoms with Gasteiger partial charge >= 0.3 is 7.12 Å². The molecule has 0 spiro atoms. The Bertz CT molecular complexity index is 589. The molecule has 2 heterocycles. The molecule has 1 aliphatic carbocycles. The summed E-state index contributed by atoms with van der Waals surface area (Å²) < 4.78 is 12.1. The summed E-state index contributed by atoms with van der Waals surface area (Å²) in [5, 5.41) is 0. The molecule has 0 radical (unpaired) electrons. The molecule has 108 valence electrons. The van der Waals surface area contributed by atoms with E-state index in [0.717, 1.165) is 24.0 Å². The van der Waals surface area contributed by atoms with Gasteiger partial charge in [-0.2, -0.15) is 0 Å². The first kappa shape index (κ1) is 13.9. The fraction of sp³-hybridized carbons (Fsp3) is 0.643. The standard InChI is InChI=1S/C14H21BN2O3/c1-12(2)13(3,4)20-15(19-12)9-5-6-10(18)17-11(9)14(16)7-8-14/h5-6H,7-8,16H2,1-4H3,(H,17,18). The van der Waals surface area contributed by atoms with E-state index in [1.165, 1.54) is 6.07 Å². The zero-order valence-electron chi connectivity index (χ0n) is 12.4. The lowest BCUT2D eigenvalue weighted by atomic mass is 9.76. The zero-order chi connectivity index (χ0) is 14.8. The first-order chi connectivity index (χ1) is 9.15. The Labute approximate surface area is 119 Å². The minimum absolute atomic E-state index is 0.142. The summed E-state index contributed by atoms with van der Waals surface area (Å²) in [6.07, 6.45) is 1.75. The van der Waals surface area contributed by atoms with Crippen molar-refractivity contribution in [3.05, 3.63) is 28.2 Å². The maximum atomic E-state index is 11.6. The summed E-state index contributed by atoms with van der Waals surface area (Å²) >= 11 is 0. The number of aromatic amines is 1. The number of nitrogens with one attached hydrogen (secondary N) is 1.